The van der Waals surface area contributed by atoms with E-state index in [1.54, 1.807) is 25.1 Å². The number of amides is 1. The number of para-hydroxylation sites is 1. The highest BCUT2D eigenvalue weighted by Gasteiger charge is 2.21. The molecule has 3 aromatic carbocycles. The van der Waals surface area contributed by atoms with E-state index in [9.17, 15) is 13.2 Å². The second-order valence-electron chi connectivity index (χ2n) is 6.67. The second-order valence-corrected chi connectivity index (χ2v) is 8.73. The van der Waals surface area contributed by atoms with Crippen molar-refractivity contribution in [2.45, 2.75) is 24.8 Å². The summed E-state index contributed by atoms with van der Waals surface area (Å²) >= 11 is 6.14. The number of rotatable bonds is 6. The van der Waals surface area contributed by atoms with Crippen molar-refractivity contribution in [3.63, 3.8) is 0 Å². The smallest absolute Gasteiger partial charge is 0.263 e. The molecule has 0 aliphatic rings. The fraction of sp³-hybridized carbons (Fsp3) is 0.136. The van der Waals surface area contributed by atoms with Crippen LogP contribution in [0.5, 0.6) is 0 Å². The first-order chi connectivity index (χ1) is 13.8. The van der Waals surface area contributed by atoms with Crippen LogP contribution in [0.1, 0.15) is 34.5 Å². The van der Waals surface area contributed by atoms with E-state index in [-0.39, 0.29) is 27.4 Å². The summed E-state index contributed by atoms with van der Waals surface area (Å²) in [5.74, 6) is -0.384. The van der Waals surface area contributed by atoms with Gasteiger partial charge in [0.15, 0.2) is 0 Å². The van der Waals surface area contributed by atoms with Gasteiger partial charge in [-0.05, 0) is 49.2 Å². The summed E-state index contributed by atoms with van der Waals surface area (Å²) in [7, 11) is -3.97. The molecule has 0 bridgehead atoms. The zero-order chi connectivity index (χ0) is 21.0. The summed E-state index contributed by atoms with van der Waals surface area (Å²) < 4.78 is 28.3. The molecule has 29 heavy (non-hydrogen) atoms. The number of carbonyl (C=O) groups is 1. The number of benzene rings is 3. The molecular formula is C22H21ClN2O3S. The Bertz CT molecular complexity index is 1130. The van der Waals surface area contributed by atoms with E-state index in [0.717, 1.165) is 11.1 Å². The predicted molar refractivity (Wildman–Crippen MR) is 116 cm³/mol. The Hall–Kier alpha value is -2.83. The molecule has 5 nitrogen and oxygen atoms in total. The molecule has 3 rings (SSSR count). The molecule has 150 valence electrons. The van der Waals surface area contributed by atoms with Crippen LogP contribution in [-0.4, -0.2) is 14.3 Å². The van der Waals surface area contributed by atoms with Crippen LogP contribution in [0.3, 0.4) is 0 Å². The first-order valence-electron chi connectivity index (χ1n) is 9.02. The molecule has 0 spiro atoms. The second kappa shape index (κ2) is 8.68. The first kappa shape index (κ1) is 20.9. The van der Waals surface area contributed by atoms with Gasteiger partial charge < -0.3 is 5.32 Å². The maximum absolute atomic E-state index is 12.9. The van der Waals surface area contributed by atoms with Gasteiger partial charge in [0.25, 0.3) is 15.9 Å². The maximum Gasteiger partial charge on any atom is 0.263 e. The van der Waals surface area contributed by atoms with E-state index >= 15 is 0 Å². The highest BCUT2D eigenvalue weighted by molar-refractivity contribution is 7.92. The Morgan fingerprint density at radius 3 is 2.31 bits per heavy atom. The fourth-order valence-corrected chi connectivity index (χ4v) is 4.50. The first-order valence-corrected chi connectivity index (χ1v) is 10.9. The van der Waals surface area contributed by atoms with E-state index in [0.29, 0.717) is 5.69 Å². The summed E-state index contributed by atoms with van der Waals surface area (Å²) in [5, 5.41) is 2.91. The zero-order valence-corrected chi connectivity index (χ0v) is 17.6. The lowest BCUT2D eigenvalue weighted by Gasteiger charge is -2.16. The van der Waals surface area contributed by atoms with Crippen LogP contribution in [0.4, 0.5) is 5.69 Å². The number of carbonyl (C=O) groups excluding carboxylic acids is 1. The van der Waals surface area contributed by atoms with E-state index in [4.69, 9.17) is 11.6 Å². The van der Waals surface area contributed by atoms with Gasteiger partial charge in [0, 0.05) is 5.56 Å². The molecule has 3 aromatic rings. The number of nitrogens with one attached hydrogen (secondary N) is 2. The quantitative estimate of drug-likeness (QED) is 0.583. The zero-order valence-electron chi connectivity index (χ0n) is 16.0. The number of anilines is 1. The summed E-state index contributed by atoms with van der Waals surface area (Å²) in [5.41, 5.74) is 2.39. The van der Waals surface area contributed by atoms with Gasteiger partial charge in [0.05, 0.1) is 16.8 Å². The SMILES string of the molecule is Cc1ccccc1NS(=O)(=O)c1cc(C(=O)N[C@H](C)c2ccccc2)ccc1Cl. The molecule has 0 saturated heterocycles. The van der Waals surface area contributed by atoms with E-state index in [2.05, 4.69) is 10.0 Å². The molecule has 0 radical (unpaired) electrons. The topological polar surface area (TPSA) is 75.3 Å². The lowest BCUT2D eigenvalue weighted by atomic mass is 10.1. The summed E-state index contributed by atoms with van der Waals surface area (Å²) in [6, 6.07) is 20.5. The maximum atomic E-state index is 12.9. The van der Waals surface area contributed by atoms with Crippen LogP contribution in [0.2, 0.25) is 5.02 Å². The van der Waals surface area contributed by atoms with Gasteiger partial charge in [-0.3, -0.25) is 9.52 Å². The molecular weight excluding hydrogens is 408 g/mol. The third-order valence-electron chi connectivity index (χ3n) is 4.52. The molecule has 1 atom stereocenters. The Morgan fingerprint density at radius 2 is 1.62 bits per heavy atom. The van der Waals surface area contributed by atoms with Gasteiger partial charge in [-0.15, -0.1) is 0 Å². The third-order valence-corrected chi connectivity index (χ3v) is 6.37. The molecule has 0 fully saturated rings. The van der Waals surface area contributed by atoms with Crippen molar-refractivity contribution < 1.29 is 13.2 Å². The summed E-state index contributed by atoms with van der Waals surface area (Å²) in [6.07, 6.45) is 0. The average Bonchev–Trinajstić information content (AvgIpc) is 2.70. The molecule has 0 aliphatic heterocycles. The van der Waals surface area contributed by atoms with Crippen molar-refractivity contribution in [1.82, 2.24) is 5.32 Å². The predicted octanol–water partition coefficient (Wildman–Crippen LogP) is 4.94. The fourth-order valence-electron chi connectivity index (χ4n) is 2.84. The van der Waals surface area contributed by atoms with Crippen molar-refractivity contribution in [3.8, 4) is 0 Å². The minimum atomic E-state index is -3.97. The number of sulfonamides is 1. The van der Waals surface area contributed by atoms with Crippen molar-refractivity contribution in [3.05, 3.63) is 94.5 Å². The third kappa shape index (κ3) is 4.96. The molecule has 1 amide bonds. The Morgan fingerprint density at radius 1 is 0.966 bits per heavy atom. The van der Waals surface area contributed by atoms with Gasteiger partial charge in [-0.25, -0.2) is 8.42 Å². The largest absolute Gasteiger partial charge is 0.346 e. The molecule has 0 aromatic heterocycles. The van der Waals surface area contributed by atoms with Crippen LogP contribution in [-0.2, 0) is 10.0 Å². The summed E-state index contributed by atoms with van der Waals surface area (Å²) in [4.78, 5) is 12.5. The van der Waals surface area contributed by atoms with E-state index < -0.39 is 10.0 Å². The van der Waals surface area contributed by atoms with Crippen molar-refractivity contribution in [1.29, 1.82) is 0 Å². The van der Waals surface area contributed by atoms with Gasteiger partial charge in [-0.2, -0.15) is 0 Å². The van der Waals surface area contributed by atoms with Crippen molar-refractivity contribution in [2.24, 2.45) is 0 Å². The summed E-state index contributed by atoms with van der Waals surface area (Å²) in [6.45, 7) is 3.66. The molecule has 0 aliphatic carbocycles. The lowest BCUT2D eigenvalue weighted by molar-refractivity contribution is 0.0939. The Balaban J connectivity index is 1.85. The Labute approximate surface area is 175 Å². The minimum Gasteiger partial charge on any atom is -0.346 e. The van der Waals surface area contributed by atoms with Gasteiger partial charge in [0.1, 0.15) is 4.90 Å². The molecule has 2 N–H and O–H groups in total. The van der Waals surface area contributed by atoms with Crippen LogP contribution in [0.15, 0.2) is 77.7 Å². The molecule has 0 heterocycles. The van der Waals surface area contributed by atoms with Crippen LogP contribution in [0.25, 0.3) is 0 Å². The number of hydrogen-bond acceptors (Lipinski definition) is 3. The average molecular weight is 429 g/mol. The van der Waals surface area contributed by atoms with Crippen molar-refractivity contribution >= 4 is 33.2 Å². The highest BCUT2D eigenvalue weighted by Crippen LogP contribution is 2.26. The Kier molecular flexibility index (Phi) is 6.25. The lowest BCUT2D eigenvalue weighted by Crippen LogP contribution is -2.27. The van der Waals surface area contributed by atoms with Gasteiger partial charge >= 0.3 is 0 Å². The monoisotopic (exact) mass is 428 g/mol. The molecule has 0 unspecified atom stereocenters. The van der Waals surface area contributed by atoms with Crippen LogP contribution in [0, 0.1) is 6.92 Å². The van der Waals surface area contributed by atoms with Crippen LogP contribution < -0.4 is 10.0 Å². The molecule has 0 saturated carbocycles. The number of hydrogen-bond donors (Lipinski definition) is 2. The van der Waals surface area contributed by atoms with E-state index in [1.807, 2.05) is 43.3 Å². The van der Waals surface area contributed by atoms with E-state index in [1.165, 1.54) is 18.2 Å². The highest BCUT2D eigenvalue weighted by atomic mass is 35.5. The molecule has 7 heteroatoms. The van der Waals surface area contributed by atoms with Crippen LogP contribution >= 0.6 is 11.6 Å². The van der Waals surface area contributed by atoms with Gasteiger partial charge in [0.2, 0.25) is 0 Å². The minimum absolute atomic E-state index is 0.0405. The normalized spacial score (nSPS) is 12.2. The number of aryl methyl sites for hydroxylation is 1. The van der Waals surface area contributed by atoms with Crippen molar-refractivity contribution in [2.75, 3.05) is 4.72 Å². The number of halogens is 1. The van der Waals surface area contributed by atoms with Gasteiger partial charge in [-0.1, -0.05) is 60.1 Å². The standard InChI is InChI=1S/C22H21ClN2O3S/c1-15-8-6-7-11-20(15)25-29(27,28)21-14-18(12-13-19(21)23)22(26)24-16(2)17-9-4-3-5-10-17/h3-14,16,25H,1-2H3,(H,24,26)/t16-/m1/s1.